The van der Waals surface area contributed by atoms with Crippen molar-refractivity contribution in [3.05, 3.63) is 0 Å². The molecular formula is C13H21N3O7S. The summed E-state index contributed by atoms with van der Waals surface area (Å²) in [6.07, 6.45) is 0.995. The fourth-order valence-electron chi connectivity index (χ4n) is 1.64. The van der Waals surface area contributed by atoms with Crippen LogP contribution in [-0.2, 0) is 24.0 Å². The van der Waals surface area contributed by atoms with Gasteiger partial charge in [-0.15, -0.1) is 0 Å². The lowest BCUT2D eigenvalue weighted by Crippen LogP contribution is -2.54. The molecule has 24 heavy (non-hydrogen) atoms. The Hall–Kier alpha value is -2.14. The van der Waals surface area contributed by atoms with Gasteiger partial charge in [-0.3, -0.25) is 19.2 Å². The Labute approximate surface area is 142 Å². The first-order valence-corrected chi connectivity index (χ1v) is 8.34. The van der Waals surface area contributed by atoms with Crippen LogP contribution in [0.15, 0.2) is 0 Å². The van der Waals surface area contributed by atoms with Gasteiger partial charge in [0.05, 0.1) is 24.9 Å². The van der Waals surface area contributed by atoms with Crippen LogP contribution in [0, 0.1) is 0 Å². The molecular weight excluding hydrogens is 342 g/mol. The molecule has 136 valence electrons. The van der Waals surface area contributed by atoms with Crippen molar-refractivity contribution < 1.29 is 34.2 Å². The van der Waals surface area contributed by atoms with Crippen LogP contribution in [-0.4, -0.2) is 70.4 Å². The molecule has 0 spiro atoms. The normalized spacial score (nSPS) is 14.1. The maximum atomic E-state index is 12.0. The molecule has 0 rings (SSSR count). The van der Waals surface area contributed by atoms with Crippen LogP contribution in [0.2, 0.25) is 0 Å². The summed E-state index contributed by atoms with van der Waals surface area (Å²) in [5, 5.41) is 21.7. The number of carboxylic acid groups (broad SMARTS) is 2. The molecule has 0 saturated heterocycles. The van der Waals surface area contributed by atoms with Gasteiger partial charge in [-0.2, -0.15) is 11.8 Å². The van der Waals surface area contributed by atoms with E-state index < -0.39 is 54.7 Å². The number of aldehydes is 1. The van der Waals surface area contributed by atoms with E-state index in [9.17, 15) is 24.0 Å². The van der Waals surface area contributed by atoms with Crippen molar-refractivity contribution in [3.63, 3.8) is 0 Å². The van der Waals surface area contributed by atoms with Crippen molar-refractivity contribution in [2.24, 2.45) is 5.73 Å². The molecule has 0 radical (unpaired) electrons. The Morgan fingerprint density at radius 3 is 2.12 bits per heavy atom. The van der Waals surface area contributed by atoms with Crippen LogP contribution in [0.4, 0.5) is 0 Å². The van der Waals surface area contributed by atoms with Gasteiger partial charge in [-0.25, -0.2) is 0 Å². The summed E-state index contributed by atoms with van der Waals surface area (Å²) in [5.74, 6) is -3.73. The van der Waals surface area contributed by atoms with Gasteiger partial charge >= 0.3 is 11.9 Å². The summed E-state index contributed by atoms with van der Waals surface area (Å²) < 4.78 is 0. The predicted octanol–water partition coefficient (Wildman–Crippen LogP) is -1.82. The lowest BCUT2D eigenvalue weighted by atomic mass is 10.1. The van der Waals surface area contributed by atoms with Gasteiger partial charge in [0, 0.05) is 0 Å². The zero-order valence-corrected chi connectivity index (χ0v) is 13.9. The van der Waals surface area contributed by atoms with Gasteiger partial charge in [-0.05, 0) is 18.4 Å². The highest BCUT2D eigenvalue weighted by Gasteiger charge is 2.28. The first-order chi connectivity index (χ1) is 11.2. The third kappa shape index (κ3) is 9.10. The molecule has 0 aromatic rings. The standard InChI is InChI=1S/C13H21N3O7S/c1-24-3-2-8(14)12(22)16-9(5-11(20)21)13(23)15-7(6-17)4-10(18)19/h6-9H,2-5,14H2,1H3,(H,15,23)(H,16,22)(H,18,19)(H,20,21)/t7-,8-,9-/m0/s1. The van der Waals surface area contributed by atoms with E-state index in [1.54, 1.807) is 0 Å². The third-order valence-corrected chi connectivity index (χ3v) is 3.51. The fourth-order valence-corrected chi connectivity index (χ4v) is 2.13. The molecule has 3 atom stereocenters. The third-order valence-electron chi connectivity index (χ3n) is 2.87. The number of carbonyl (C=O) groups excluding carboxylic acids is 3. The minimum atomic E-state index is -1.47. The lowest BCUT2D eigenvalue weighted by molar-refractivity contribution is -0.142. The maximum absolute atomic E-state index is 12.0. The van der Waals surface area contributed by atoms with E-state index in [4.69, 9.17) is 15.9 Å². The number of carbonyl (C=O) groups is 5. The maximum Gasteiger partial charge on any atom is 0.305 e. The van der Waals surface area contributed by atoms with E-state index in [0.717, 1.165) is 0 Å². The first-order valence-electron chi connectivity index (χ1n) is 6.95. The second-order valence-electron chi connectivity index (χ2n) is 4.90. The minimum Gasteiger partial charge on any atom is -0.481 e. The molecule has 2 amide bonds. The highest BCUT2D eigenvalue weighted by Crippen LogP contribution is 2.01. The number of thioether (sulfide) groups is 1. The number of hydrogen-bond donors (Lipinski definition) is 5. The SMILES string of the molecule is CSCC[C@H](N)C(=O)N[C@@H](CC(=O)O)C(=O)N[C@H](C=O)CC(=O)O. The van der Waals surface area contributed by atoms with E-state index in [1.165, 1.54) is 11.8 Å². The molecule has 11 heteroatoms. The van der Waals surface area contributed by atoms with E-state index in [2.05, 4.69) is 10.6 Å². The molecule has 10 nitrogen and oxygen atoms in total. The summed E-state index contributed by atoms with van der Waals surface area (Å²) in [4.78, 5) is 56.1. The highest BCUT2D eigenvalue weighted by atomic mass is 32.2. The average Bonchev–Trinajstić information content (AvgIpc) is 2.49. The molecule has 6 N–H and O–H groups in total. The van der Waals surface area contributed by atoms with E-state index in [-0.39, 0.29) is 6.29 Å². The summed E-state index contributed by atoms with van der Waals surface area (Å²) in [5.41, 5.74) is 5.64. The van der Waals surface area contributed by atoms with E-state index in [1.807, 2.05) is 6.26 Å². The van der Waals surface area contributed by atoms with Crippen LogP contribution in [0.25, 0.3) is 0 Å². The zero-order valence-electron chi connectivity index (χ0n) is 13.1. The van der Waals surface area contributed by atoms with Crippen molar-refractivity contribution in [2.45, 2.75) is 37.4 Å². The number of nitrogens with one attached hydrogen (secondary N) is 2. The Balaban J connectivity index is 4.88. The molecule has 0 aliphatic carbocycles. The van der Waals surface area contributed by atoms with Crippen LogP contribution < -0.4 is 16.4 Å². The molecule has 0 heterocycles. The number of rotatable bonds is 12. The Bertz CT molecular complexity index is 486. The number of carboxylic acids is 2. The monoisotopic (exact) mass is 363 g/mol. The summed E-state index contributed by atoms with van der Waals surface area (Å²) in [6.45, 7) is 0. The van der Waals surface area contributed by atoms with Crippen molar-refractivity contribution in [2.75, 3.05) is 12.0 Å². The van der Waals surface area contributed by atoms with Gasteiger partial charge in [0.25, 0.3) is 0 Å². The number of hydrogen-bond acceptors (Lipinski definition) is 7. The Morgan fingerprint density at radius 1 is 1.08 bits per heavy atom. The smallest absolute Gasteiger partial charge is 0.305 e. The molecule has 0 aromatic heterocycles. The number of nitrogens with two attached hydrogens (primary N) is 1. The van der Waals surface area contributed by atoms with E-state index >= 15 is 0 Å². The molecule has 0 aromatic carbocycles. The van der Waals surface area contributed by atoms with Crippen molar-refractivity contribution >= 4 is 41.8 Å². The zero-order chi connectivity index (χ0) is 18.7. The highest BCUT2D eigenvalue weighted by molar-refractivity contribution is 7.98. The van der Waals surface area contributed by atoms with Gasteiger partial charge < -0.3 is 31.4 Å². The first kappa shape index (κ1) is 21.9. The molecule has 0 fully saturated rings. The second kappa shape index (κ2) is 11.4. The van der Waals surface area contributed by atoms with Gasteiger partial charge in [0.2, 0.25) is 11.8 Å². The summed E-state index contributed by atoms with van der Waals surface area (Å²) >= 11 is 1.47. The van der Waals surface area contributed by atoms with Crippen LogP contribution >= 0.6 is 11.8 Å². The predicted molar refractivity (Wildman–Crippen MR) is 85.4 cm³/mol. The van der Waals surface area contributed by atoms with Crippen molar-refractivity contribution in [1.29, 1.82) is 0 Å². The lowest BCUT2D eigenvalue weighted by Gasteiger charge is -2.20. The van der Waals surface area contributed by atoms with Crippen molar-refractivity contribution in [3.8, 4) is 0 Å². The average molecular weight is 363 g/mol. The van der Waals surface area contributed by atoms with Crippen molar-refractivity contribution in [1.82, 2.24) is 10.6 Å². The largest absolute Gasteiger partial charge is 0.481 e. The molecule has 0 unspecified atom stereocenters. The van der Waals surface area contributed by atoms with Crippen LogP contribution in [0.1, 0.15) is 19.3 Å². The number of amides is 2. The second-order valence-corrected chi connectivity index (χ2v) is 5.88. The fraction of sp³-hybridized carbons (Fsp3) is 0.615. The van der Waals surface area contributed by atoms with Crippen LogP contribution in [0.5, 0.6) is 0 Å². The van der Waals surface area contributed by atoms with Crippen LogP contribution in [0.3, 0.4) is 0 Å². The Kier molecular flexibility index (Phi) is 10.4. The number of aliphatic carboxylic acids is 2. The molecule has 0 aliphatic heterocycles. The van der Waals surface area contributed by atoms with Gasteiger partial charge in [0.1, 0.15) is 12.3 Å². The van der Waals surface area contributed by atoms with E-state index in [0.29, 0.717) is 12.2 Å². The minimum absolute atomic E-state index is 0.218. The molecule has 0 aliphatic rings. The molecule has 0 bridgehead atoms. The quantitative estimate of drug-likeness (QED) is 0.250. The topological polar surface area (TPSA) is 176 Å². The Morgan fingerprint density at radius 2 is 1.67 bits per heavy atom. The van der Waals surface area contributed by atoms with Gasteiger partial charge in [-0.1, -0.05) is 0 Å². The summed E-state index contributed by atoms with van der Waals surface area (Å²) in [6, 6.07) is -3.71. The van der Waals surface area contributed by atoms with Gasteiger partial charge in [0.15, 0.2) is 0 Å². The molecule has 0 saturated carbocycles. The summed E-state index contributed by atoms with van der Waals surface area (Å²) in [7, 11) is 0.